The number of carbonyl (C=O) groups is 1. The Morgan fingerprint density at radius 3 is 2.80 bits per heavy atom. The zero-order valence-corrected chi connectivity index (χ0v) is 11.5. The van der Waals surface area contributed by atoms with Crippen molar-refractivity contribution >= 4 is 17.0 Å². The Labute approximate surface area is 116 Å². The first-order chi connectivity index (χ1) is 9.54. The molecule has 1 aromatic carbocycles. The molecular formula is C15H18N2O3. The van der Waals surface area contributed by atoms with Gasteiger partial charge in [-0.1, -0.05) is 13.3 Å². The zero-order chi connectivity index (χ0) is 14.3. The summed E-state index contributed by atoms with van der Waals surface area (Å²) in [5, 5.41) is 9.07. The number of aromatic amines is 1. The fourth-order valence-electron chi connectivity index (χ4n) is 2.97. The van der Waals surface area contributed by atoms with Gasteiger partial charge in [0.2, 0.25) is 0 Å². The molecule has 20 heavy (non-hydrogen) atoms. The van der Waals surface area contributed by atoms with Crippen molar-refractivity contribution in [2.24, 2.45) is 5.41 Å². The summed E-state index contributed by atoms with van der Waals surface area (Å²) in [4.78, 5) is 26.0. The summed E-state index contributed by atoms with van der Waals surface area (Å²) < 4.78 is 1.70. The molecule has 0 radical (unpaired) electrons. The van der Waals surface area contributed by atoms with Gasteiger partial charge >= 0.3 is 11.7 Å². The van der Waals surface area contributed by atoms with E-state index < -0.39 is 5.97 Å². The second kappa shape index (κ2) is 4.51. The lowest BCUT2D eigenvalue weighted by molar-refractivity contribution is 0.0697. The minimum atomic E-state index is -0.971. The number of nitrogens with zero attached hydrogens (tertiary/aromatic N) is 1. The molecule has 1 heterocycles. The molecular weight excluding hydrogens is 256 g/mol. The van der Waals surface area contributed by atoms with Crippen LogP contribution >= 0.6 is 0 Å². The van der Waals surface area contributed by atoms with E-state index in [0.29, 0.717) is 17.6 Å². The number of carboxylic acids is 1. The number of aromatic nitrogens is 2. The average Bonchev–Trinajstić information content (AvgIpc) is 3.09. The quantitative estimate of drug-likeness (QED) is 0.880. The third-order valence-electron chi connectivity index (χ3n) is 4.25. The fourth-order valence-corrected chi connectivity index (χ4v) is 2.97. The standard InChI is InChI=1S/C15H18N2O3/c1-2-5-15(6-7-15)9-17-12-8-10(13(18)19)3-4-11(12)16-14(17)20/h3-4,8H,2,5-7,9H2,1H3,(H,16,20)(H,18,19). The molecule has 1 aliphatic carbocycles. The first-order valence-corrected chi connectivity index (χ1v) is 7.00. The lowest BCUT2D eigenvalue weighted by atomic mass is 10.0. The molecule has 3 rings (SSSR count). The van der Waals surface area contributed by atoms with Gasteiger partial charge in [0, 0.05) is 6.54 Å². The van der Waals surface area contributed by atoms with Crippen LogP contribution in [0.1, 0.15) is 43.0 Å². The van der Waals surface area contributed by atoms with Crippen LogP contribution in [0.2, 0.25) is 0 Å². The van der Waals surface area contributed by atoms with E-state index in [9.17, 15) is 9.59 Å². The van der Waals surface area contributed by atoms with Crippen molar-refractivity contribution in [3.8, 4) is 0 Å². The average molecular weight is 274 g/mol. The molecule has 2 aromatic rings. The summed E-state index contributed by atoms with van der Waals surface area (Å²) in [6.45, 7) is 2.84. The Morgan fingerprint density at radius 1 is 1.45 bits per heavy atom. The van der Waals surface area contributed by atoms with Crippen molar-refractivity contribution < 1.29 is 9.90 Å². The molecule has 0 unspecified atom stereocenters. The minimum absolute atomic E-state index is 0.148. The Bertz CT molecular complexity index is 722. The topological polar surface area (TPSA) is 75.1 Å². The molecule has 5 heteroatoms. The van der Waals surface area contributed by atoms with E-state index in [1.165, 1.54) is 6.07 Å². The van der Waals surface area contributed by atoms with Crippen LogP contribution in [0.4, 0.5) is 0 Å². The summed E-state index contributed by atoms with van der Waals surface area (Å²) >= 11 is 0. The van der Waals surface area contributed by atoms with Gasteiger partial charge in [0.25, 0.3) is 0 Å². The number of rotatable bonds is 5. The third-order valence-corrected chi connectivity index (χ3v) is 4.25. The Balaban J connectivity index is 2.05. The number of hydrogen-bond donors (Lipinski definition) is 2. The lowest BCUT2D eigenvalue weighted by Gasteiger charge is -2.14. The van der Waals surface area contributed by atoms with Gasteiger partial charge in [-0.3, -0.25) is 4.57 Å². The number of hydrogen-bond acceptors (Lipinski definition) is 2. The largest absolute Gasteiger partial charge is 0.478 e. The molecule has 0 saturated heterocycles. The van der Waals surface area contributed by atoms with Crippen LogP contribution < -0.4 is 5.69 Å². The molecule has 0 spiro atoms. The van der Waals surface area contributed by atoms with Crippen molar-refractivity contribution in [3.63, 3.8) is 0 Å². The van der Waals surface area contributed by atoms with Gasteiger partial charge in [-0.25, -0.2) is 9.59 Å². The number of nitrogens with one attached hydrogen (secondary N) is 1. The van der Waals surface area contributed by atoms with Gasteiger partial charge in [-0.05, 0) is 42.9 Å². The van der Waals surface area contributed by atoms with Crippen LogP contribution in [-0.2, 0) is 6.54 Å². The maximum absolute atomic E-state index is 12.1. The first-order valence-electron chi connectivity index (χ1n) is 7.00. The summed E-state index contributed by atoms with van der Waals surface area (Å²) in [7, 11) is 0. The number of aromatic carboxylic acids is 1. The number of carboxylic acid groups (broad SMARTS) is 1. The van der Waals surface area contributed by atoms with Crippen molar-refractivity contribution in [3.05, 3.63) is 34.2 Å². The van der Waals surface area contributed by atoms with Crippen LogP contribution in [0.3, 0.4) is 0 Å². The van der Waals surface area contributed by atoms with Crippen molar-refractivity contribution in [1.29, 1.82) is 0 Å². The van der Waals surface area contributed by atoms with E-state index in [4.69, 9.17) is 5.11 Å². The highest BCUT2D eigenvalue weighted by Crippen LogP contribution is 2.51. The van der Waals surface area contributed by atoms with E-state index in [-0.39, 0.29) is 16.7 Å². The molecule has 0 atom stereocenters. The van der Waals surface area contributed by atoms with Crippen LogP contribution in [0, 0.1) is 5.41 Å². The summed E-state index contributed by atoms with van der Waals surface area (Å²) in [5.74, 6) is -0.971. The highest BCUT2D eigenvalue weighted by atomic mass is 16.4. The smallest absolute Gasteiger partial charge is 0.335 e. The van der Waals surface area contributed by atoms with Crippen LogP contribution in [0.25, 0.3) is 11.0 Å². The van der Waals surface area contributed by atoms with Gasteiger partial charge in [-0.2, -0.15) is 0 Å². The summed E-state index contributed by atoms with van der Waals surface area (Å²) in [6.07, 6.45) is 4.53. The van der Waals surface area contributed by atoms with Gasteiger partial charge in [0.1, 0.15) is 0 Å². The molecule has 0 amide bonds. The fraction of sp³-hybridized carbons (Fsp3) is 0.467. The van der Waals surface area contributed by atoms with Crippen LogP contribution in [0.15, 0.2) is 23.0 Å². The van der Waals surface area contributed by atoms with Gasteiger partial charge in [0.05, 0.1) is 16.6 Å². The zero-order valence-electron chi connectivity index (χ0n) is 11.5. The molecule has 1 fully saturated rings. The van der Waals surface area contributed by atoms with E-state index in [2.05, 4.69) is 11.9 Å². The molecule has 5 nitrogen and oxygen atoms in total. The number of fused-ring (bicyclic) bond motifs is 1. The number of imidazole rings is 1. The lowest BCUT2D eigenvalue weighted by Crippen LogP contribution is -2.22. The molecule has 106 valence electrons. The number of H-pyrrole nitrogens is 1. The van der Waals surface area contributed by atoms with E-state index >= 15 is 0 Å². The van der Waals surface area contributed by atoms with Crippen molar-refractivity contribution in [2.45, 2.75) is 39.2 Å². The maximum atomic E-state index is 12.1. The monoisotopic (exact) mass is 274 g/mol. The third kappa shape index (κ3) is 2.13. The Kier molecular flexibility index (Phi) is 2.92. The second-order valence-electron chi connectivity index (χ2n) is 5.80. The van der Waals surface area contributed by atoms with Crippen molar-refractivity contribution in [1.82, 2.24) is 9.55 Å². The molecule has 1 aliphatic rings. The van der Waals surface area contributed by atoms with E-state index in [1.807, 2.05) is 0 Å². The van der Waals surface area contributed by atoms with Gasteiger partial charge in [-0.15, -0.1) is 0 Å². The van der Waals surface area contributed by atoms with E-state index in [1.54, 1.807) is 16.7 Å². The summed E-state index contributed by atoms with van der Waals surface area (Å²) in [5.41, 5.74) is 1.70. The normalized spacial score (nSPS) is 16.4. The minimum Gasteiger partial charge on any atom is -0.478 e. The Morgan fingerprint density at radius 2 is 2.20 bits per heavy atom. The molecule has 0 aliphatic heterocycles. The number of benzene rings is 1. The predicted molar refractivity (Wildman–Crippen MR) is 76.1 cm³/mol. The summed E-state index contributed by atoms with van der Waals surface area (Å²) in [6, 6.07) is 4.76. The predicted octanol–water partition coefficient (Wildman–Crippen LogP) is 2.61. The Hall–Kier alpha value is -2.04. The van der Waals surface area contributed by atoms with Crippen LogP contribution in [-0.4, -0.2) is 20.6 Å². The van der Waals surface area contributed by atoms with Crippen LogP contribution in [0.5, 0.6) is 0 Å². The second-order valence-corrected chi connectivity index (χ2v) is 5.80. The van der Waals surface area contributed by atoms with Gasteiger partial charge < -0.3 is 10.1 Å². The maximum Gasteiger partial charge on any atom is 0.335 e. The molecule has 1 aromatic heterocycles. The highest BCUT2D eigenvalue weighted by Gasteiger charge is 2.42. The SMILES string of the molecule is CCCC1(Cn2c(=O)[nH]c3ccc(C(=O)O)cc32)CC1. The van der Waals surface area contributed by atoms with Crippen molar-refractivity contribution in [2.75, 3.05) is 0 Å². The first kappa shape index (κ1) is 13.0. The molecule has 1 saturated carbocycles. The highest BCUT2D eigenvalue weighted by molar-refractivity contribution is 5.92. The van der Waals surface area contributed by atoms with Gasteiger partial charge in [0.15, 0.2) is 0 Å². The molecule has 2 N–H and O–H groups in total. The van der Waals surface area contributed by atoms with E-state index in [0.717, 1.165) is 25.7 Å². The molecule has 0 bridgehead atoms.